The van der Waals surface area contributed by atoms with Gasteiger partial charge in [0.25, 0.3) is 0 Å². The molecule has 0 radical (unpaired) electrons. The molecule has 0 spiro atoms. The molecule has 18 heavy (non-hydrogen) atoms. The van der Waals surface area contributed by atoms with Crippen molar-refractivity contribution in [1.82, 2.24) is 9.97 Å². The van der Waals surface area contributed by atoms with Crippen LogP contribution in [0.25, 0.3) is 0 Å². The largest absolute Gasteiger partial charge is 0.481 e. The van der Waals surface area contributed by atoms with E-state index >= 15 is 0 Å². The van der Waals surface area contributed by atoms with Crippen LogP contribution in [0.5, 0.6) is 11.8 Å². The molecule has 0 saturated carbocycles. The van der Waals surface area contributed by atoms with Crippen LogP contribution in [0.2, 0.25) is 0 Å². The quantitative estimate of drug-likeness (QED) is 0.940. The molecule has 6 heteroatoms. The molecule has 0 atom stereocenters. The lowest BCUT2D eigenvalue weighted by Gasteiger charge is -2.04. The number of carboxylic acids is 1. The summed E-state index contributed by atoms with van der Waals surface area (Å²) >= 11 is 3.22. The van der Waals surface area contributed by atoms with Crippen LogP contribution in [-0.4, -0.2) is 21.0 Å². The number of carbonyl (C=O) groups is 1. The molecule has 2 aromatic rings. The molecule has 0 fully saturated rings. The lowest BCUT2D eigenvalue weighted by molar-refractivity contribution is -0.136. The third kappa shape index (κ3) is 3.53. The predicted molar refractivity (Wildman–Crippen MR) is 67.6 cm³/mol. The summed E-state index contributed by atoms with van der Waals surface area (Å²) < 4.78 is 6.18. The fourth-order valence-corrected chi connectivity index (χ4v) is 1.56. The summed E-state index contributed by atoms with van der Waals surface area (Å²) in [7, 11) is 0. The number of hydrogen-bond donors (Lipinski definition) is 1. The Hall–Kier alpha value is -1.95. The maximum atomic E-state index is 10.6. The third-order valence-electron chi connectivity index (χ3n) is 2.06. The van der Waals surface area contributed by atoms with Crippen LogP contribution >= 0.6 is 15.9 Å². The SMILES string of the molecule is O=C(O)Cc1cccc(Oc2ncc(Br)cn2)c1. The first-order valence-electron chi connectivity index (χ1n) is 5.09. The number of halogens is 1. The van der Waals surface area contributed by atoms with E-state index in [1.165, 1.54) is 0 Å². The average Bonchev–Trinajstić information content (AvgIpc) is 2.32. The maximum Gasteiger partial charge on any atom is 0.321 e. The number of ether oxygens (including phenoxy) is 1. The van der Waals surface area contributed by atoms with Crippen molar-refractivity contribution in [2.45, 2.75) is 6.42 Å². The van der Waals surface area contributed by atoms with E-state index in [1.54, 1.807) is 36.7 Å². The third-order valence-corrected chi connectivity index (χ3v) is 2.47. The number of carboxylic acid groups (broad SMARTS) is 1. The first-order valence-corrected chi connectivity index (χ1v) is 5.89. The summed E-state index contributed by atoms with van der Waals surface area (Å²) in [6.45, 7) is 0. The molecule has 5 nitrogen and oxygen atoms in total. The molecule has 92 valence electrons. The van der Waals surface area contributed by atoms with E-state index < -0.39 is 5.97 Å². The molecule has 2 rings (SSSR count). The van der Waals surface area contributed by atoms with Gasteiger partial charge < -0.3 is 9.84 Å². The monoisotopic (exact) mass is 308 g/mol. The highest BCUT2D eigenvalue weighted by atomic mass is 79.9. The highest BCUT2D eigenvalue weighted by Gasteiger charge is 2.04. The molecular formula is C12H9BrN2O3. The Morgan fingerprint density at radius 2 is 2.06 bits per heavy atom. The van der Waals surface area contributed by atoms with Crippen molar-refractivity contribution in [3.63, 3.8) is 0 Å². The van der Waals surface area contributed by atoms with Crippen molar-refractivity contribution in [3.8, 4) is 11.8 Å². The van der Waals surface area contributed by atoms with E-state index in [0.29, 0.717) is 11.3 Å². The average molecular weight is 309 g/mol. The minimum absolute atomic E-state index is 0.0433. The molecule has 1 N–H and O–H groups in total. The second-order valence-electron chi connectivity index (χ2n) is 3.50. The van der Waals surface area contributed by atoms with Crippen molar-refractivity contribution in [1.29, 1.82) is 0 Å². The number of aliphatic carboxylic acids is 1. The molecule has 0 unspecified atom stereocenters. The molecule has 1 aromatic heterocycles. The van der Waals surface area contributed by atoms with Crippen LogP contribution in [0, 0.1) is 0 Å². The molecule has 0 aliphatic rings. The number of aromatic nitrogens is 2. The fourth-order valence-electron chi connectivity index (χ4n) is 1.35. The van der Waals surface area contributed by atoms with Crippen molar-refractivity contribution in [2.75, 3.05) is 0 Å². The Morgan fingerprint density at radius 1 is 1.33 bits per heavy atom. The summed E-state index contributed by atoms with van der Waals surface area (Å²) in [4.78, 5) is 18.5. The standard InChI is InChI=1S/C12H9BrN2O3/c13-9-6-14-12(15-7-9)18-10-3-1-2-8(4-10)5-11(16)17/h1-4,6-7H,5H2,(H,16,17). The van der Waals surface area contributed by atoms with Crippen LogP contribution in [0.1, 0.15) is 5.56 Å². The smallest absolute Gasteiger partial charge is 0.321 e. The summed E-state index contributed by atoms with van der Waals surface area (Å²) in [5, 5.41) is 8.71. The molecule has 0 aliphatic heterocycles. The zero-order valence-corrected chi connectivity index (χ0v) is 10.8. The molecule has 0 bridgehead atoms. The van der Waals surface area contributed by atoms with Crippen LogP contribution in [0.4, 0.5) is 0 Å². The predicted octanol–water partition coefficient (Wildman–Crippen LogP) is 2.66. The lowest BCUT2D eigenvalue weighted by Crippen LogP contribution is -2.00. The highest BCUT2D eigenvalue weighted by molar-refractivity contribution is 9.10. The minimum atomic E-state index is -0.882. The van der Waals surface area contributed by atoms with Gasteiger partial charge in [-0.2, -0.15) is 0 Å². The van der Waals surface area contributed by atoms with Gasteiger partial charge in [-0.1, -0.05) is 12.1 Å². The number of nitrogens with zero attached hydrogens (tertiary/aromatic N) is 2. The molecule has 1 aromatic carbocycles. The van der Waals surface area contributed by atoms with Gasteiger partial charge in [-0.05, 0) is 33.6 Å². The van der Waals surface area contributed by atoms with Gasteiger partial charge in [-0.15, -0.1) is 0 Å². The van der Waals surface area contributed by atoms with Gasteiger partial charge in [0.1, 0.15) is 5.75 Å². The fraction of sp³-hybridized carbons (Fsp3) is 0.0833. The van der Waals surface area contributed by atoms with Gasteiger partial charge in [0, 0.05) is 12.4 Å². The first kappa shape index (κ1) is 12.5. The Balaban J connectivity index is 2.13. The van der Waals surface area contributed by atoms with Gasteiger partial charge >= 0.3 is 12.0 Å². The normalized spacial score (nSPS) is 10.1. The Bertz CT molecular complexity index is 558. The van der Waals surface area contributed by atoms with E-state index in [0.717, 1.165) is 4.47 Å². The van der Waals surface area contributed by atoms with E-state index in [4.69, 9.17) is 9.84 Å². The van der Waals surface area contributed by atoms with Crippen molar-refractivity contribution in [3.05, 3.63) is 46.7 Å². The summed E-state index contributed by atoms with van der Waals surface area (Å²) in [6, 6.07) is 7.04. The van der Waals surface area contributed by atoms with Crippen molar-refractivity contribution >= 4 is 21.9 Å². The molecular weight excluding hydrogens is 300 g/mol. The van der Waals surface area contributed by atoms with E-state index in [1.807, 2.05) is 0 Å². The Labute approximate surface area is 112 Å². The van der Waals surface area contributed by atoms with Gasteiger partial charge in [-0.25, -0.2) is 9.97 Å². The van der Waals surface area contributed by atoms with Gasteiger partial charge in [0.2, 0.25) is 0 Å². The van der Waals surface area contributed by atoms with Crippen LogP contribution < -0.4 is 4.74 Å². The molecule has 0 amide bonds. The molecule has 0 aliphatic carbocycles. The number of benzene rings is 1. The maximum absolute atomic E-state index is 10.6. The first-order chi connectivity index (χ1) is 8.63. The van der Waals surface area contributed by atoms with E-state index in [-0.39, 0.29) is 12.4 Å². The van der Waals surface area contributed by atoms with Crippen molar-refractivity contribution < 1.29 is 14.6 Å². The van der Waals surface area contributed by atoms with Crippen molar-refractivity contribution in [2.24, 2.45) is 0 Å². The highest BCUT2D eigenvalue weighted by Crippen LogP contribution is 2.19. The second-order valence-corrected chi connectivity index (χ2v) is 4.42. The van der Waals surface area contributed by atoms with Gasteiger partial charge in [-0.3, -0.25) is 4.79 Å². The zero-order chi connectivity index (χ0) is 13.0. The molecule has 1 heterocycles. The minimum Gasteiger partial charge on any atom is -0.481 e. The summed E-state index contributed by atoms with van der Waals surface area (Å²) in [6.07, 6.45) is 3.10. The van der Waals surface area contributed by atoms with Crippen LogP contribution in [-0.2, 0) is 11.2 Å². The van der Waals surface area contributed by atoms with E-state index in [2.05, 4.69) is 25.9 Å². The molecule has 0 saturated heterocycles. The Morgan fingerprint density at radius 3 is 2.72 bits per heavy atom. The number of hydrogen-bond acceptors (Lipinski definition) is 4. The summed E-state index contributed by atoms with van der Waals surface area (Å²) in [5.74, 6) is -0.372. The second kappa shape index (κ2) is 5.59. The van der Waals surface area contributed by atoms with Crippen LogP contribution in [0.3, 0.4) is 0 Å². The number of rotatable bonds is 4. The topological polar surface area (TPSA) is 72.3 Å². The van der Waals surface area contributed by atoms with Gasteiger partial charge in [0.05, 0.1) is 10.9 Å². The Kier molecular flexibility index (Phi) is 3.88. The summed E-state index contributed by atoms with van der Waals surface area (Å²) in [5.41, 5.74) is 0.664. The van der Waals surface area contributed by atoms with Gasteiger partial charge in [0.15, 0.2) is 0 Å². The van der Waals surface area contributed by atoms with E-state index in [9.17, 15) is 4.79 Å². The zero-order valence-electron chi connectivity index (χ0n) is 9.21. The lowest BCUT2D eigenvalue weighted by atomic mass is 10.1. The van der Waals surface area contributed by atoms with Crippen LogP contribution in [0.15, 0.2) is 41.1 Å².